The molecule has 1 aromatic carbocycles. The monoisotopic (exact) mass is 362 g/mol. The van der Waals surface area contributed by atoms with E-state index in [1.54, 1.807) is 30.3 Å². The molecule has 2 rings (SSSR count). The Morgan fingerprint density at radius 1 is 1.27 bits per heavy atom. The fourth-order valence-electron chi connectivity index (χ4n) is 1.99. The molecule has 0 saturated heterocycles. The molecular weight excluding hydrogens is 344 g/mol. The average Bonchev–Trinajstić information content (AvgIpc) is 2.49. The summed E-state index contributed by atoms with van der Waals surface area (Å²) in [4.78, 5) is 18.3. The number of rotatable bonds is 5. The first-order valence-corrected chi connectivity index (χ1v) is 7.88. The van der Waals surface area contributed by atoms with Crippen LogP contribution in [-0.2, 0) is 6.54 Å². The van der Waals surface area contributed by atoms with Crippen molar-refractivity contribution in [2.75, 3.05) is 7.05 Å². The van der Waals surface area contributed by atoms with Crippen LogP contribution < -0.4 is 4.74 Å². The minimum Gasteiger partial charge on any atom is -0.475 e. The maximum atomic E-state index is 12.4. The summed E-state index contributed by atoms with van der Waals surface area (Å²) < 4.78 is 6.47. The molecule has 1 aromatic heterocycles. The van der Waals surface area contributed by atoms with E-state index in [4.69, 9.17) is 4.74 Å². The highest BCUT2D eigenvalue weighted by Crippen LogP contribution is 2.18. The highest BCUT2D eigenvalue weighted by molar-refractivity contribution is 9.10. The summed E-state index contributed by atoms with van der Waals surface area (Å²) in [6.07, 6.45) is 1.61. The zero-order chi connectivity index (χ0) is 16.1. The second-order valence-electron chi connectivity index (χ2n) is 5.30. The van der Waals surface area contributed by atoms with Crippen molar-refractivity contribution in [1.29, 1.82) is 0 Å². The number of nitrogens with zero attached hydrogens (tertiary/aromatic N) is 2. The van der Waals surface area contributed by atoms with Crippen LogP contribution in [0.25, 0.3) is 0 Å². The van der Waals surface area contributed by atoms with E-state index in [-0.39, 0.29) is 12.0 Å². The number of pyridine rings is 1. The summed E-state index contributed by atoms with van der Waals surface area (Å²) in [5, 5.41) is 0. The second kappa shape index (κ2) is 7.40. The molecule has 116 valence electrons. The summed E-state index contributed by atoms with van der Waals surface area (Å²) in [6, 6.07) is 11.3. The molecule has 0 N–H and O–H groups in total. The van der Waals surface area contributed by atoms with Crippen molar-refractivity contribution in [1.82, 2.24) is 9.88 Å². The van der Waals surface area contributed by atoms with Gasteiger partial charge in [-0.3, -0.25) is 4.79 Å². The first-order valence-electron chi connectivity index (χ1n) is 7.09. The first kappa shape index (κ1) is 16.5. The lowest BCUT2D eigenvalue weighted by Crippen LogP contribution is -2.26. The van der Waals surface area contributed by atoms with E-state index in [1.165, 1.54) is 0 Å². The Kier molecular flexibility index (Phi) is 5.55. The van der Waals surface area contributed by atoms with Crippen LogP contribution in [0.3, 0.4) is 0 Å². The molecule has 4 nitrogen and oxygen atoms in total. The van der Waals surface area contributed by atoms with E-state index in [0.29, 0.717) is 18.0 Å². The van der Waals surface area contributed by atoms with Crippen LogP contribution in [0.5, 0.6) is 5.88 Å². The lowest BCUT2D eigenvalue weighted by Gasteiger charge is -2.18. The maximum absolute atomic E-state index is 12.4. The largest absolute Gasteiger partial charge is 0.475 e. The Morgan fingerprint density at radius 3 is 2.59 bits per heavy atom. The average molecular weight is 363 g/mol. The zero-order valence-electron chi connectivity index (χ0n) is 12.9. The predicted octanol–water partition coefficient (Wildman–Crippen LogP) is 3.90. The Hall–Kier alpha value is -1.88. The Morgan fingerprint density at radius 2 is 2.00 bits per heavy atom. The van der Waals surface area contributed by atoms with Gasteiger partial charge in [-0.05, 0) is 31.5 Å². The Bertz CT molecular complexity index is 641. The summed E-state index contributed by atoms with van der Waals surface area (Å²) in [6.45, 7) is 4.41. The number of hydrogen-bond donors (Lipinski definition) is 0. The molecule has 0 atom stereocenters. The van der Waals surface area contributed by atoms with Crippen molar-refractivity contribution < 1.29 is 9.53 Å². The molecule has 5 heteroatoms. The standard InChI is InChI=1S/C17H19BrN2O2/c1-12(2)22-16-9-8-13(10-19-16)17(21)20(3)11-14-6-4-5-7-15(14)18/h4-10,12H,11H2,1-3H3. The van der Waals surface area contributed by atoms with Gasteiger partial charge in [0.1, 0.15) is 0 Å². The molecule has 0 aliphatic rings. The van der Waals surface area contributed by atoms with Gasteiger partial charge in [-0.25, -0.2) is 4.98 Å². The van der Waals surface area contributed by atoms with Crippen molar-refractivity contribution in [3.8, 4) is 5.88 Å². The number of carbonyl (C=O) groups is 1. The van der Waals surface area contributed by atoms with Crippen molar-refractivity contribution in [2.24, 2.45) is 0 Å². The van der Waals surface area contributed by atoms with Gasteiger partial charge in [-0.15, -0.1) is 0 Å². The molecule has 0 fully saturated rings. The number of carbonyl (C=O) groups excluding carboxylic acids is 1. The highest BCUT2D eigenvalue weighted by atomic mass is 79.9. The van der Waals surface area contributed by atoms with Gasteiger partial charge >= 0.3 is 0 Å². The molecule has 0 aliphatic heterocycles. The van der Waals surface area contributed by atoms with Gasteiger partial charge < -0.3 is 9.64 Å². The summed E-state index contributed by atoms with van der Waals surface area (Å²) in [7, 11) is 1.78. The molecule has 0 spiro atoms. The second-order valence-corrected chi connectivity index (χ2v) is 6.16. The molecular formula is C17H19BrN2O2. The number of aromatic nitrogens is 1. The zero-order valence-corrected chi connectivity index (χ0v) is 14.5. The number of hydrogen-bond acceptors (Lipinski definition) is 3. The van der Waals surface area contributed by atoms with Crippen LogP contribution in [0, 0.1) is 0 Å². The van der Waals surface area contributed by atoms with Gasteiger partial charge in [-0.2, -0.15) is 0 Å². The van der Waals surface area contributed by atoms with Crippen molar-refractivity contribution in [3.63, 3.8) is 0 Å². The molecule has 0 radical (unpaired) electrons. The van der Waals surface area contributed by atoms with Crippen molar-refractivity contribution in [2.45, 2.75) is 26.5 Å². The van der Waals surface area contributed by atoms with Crippen LogP contribution in [0.15, 0.2) is 47.1 Å². The quantitative estimate of drug-likeness (QED) is 0.809. The normalized spacial score (nSPS) is 10.6. The third kappa shape index (κ3) is 4.31. The van der Waals surface area contributed by atoms with Crippen LogP contribution in [0.4, 0.5) is 0 Å². The molecule has 1 heterocycles. The minimum absolute atomic E-state index is 0.0622. The van der Waals surface area contributed by atoms with E-state index in [2.05, 4.69) is 20.9 Å². The summed E-state index contributed by atoms with van der Waals surface area (Å²) in [5.41, 5.74) is 1.61. The first-order chi connectivity index (χ1) is 10.5. The SMILES string of the molecule is CC(C)Oc1ccc(C(=O)N(C)Cc2ccccc2Br)cn1. The highest BCUT2D eigenvalue weighted by Gasteiger charge is 2.14. The number of amides is 1. The molecule has 22 heavy (non-hydrogen) atoms. The topological polar surface area (TPSA) is 42.4 Å². The molecule has 2 aromatic rings. The van der Waals surface area contributed by atoms with E-state index in [9.17, 15) is 4.79 Å². The predicted molar refractivity (Wildman–Crippen MR) is 89.9 cm³/mol. The van der Waals surface area contributed by atoms with Crippen LogP contribution in [-0.4, -0.2) is 28.9 Å². The molecule has 0 unspecified atom stereocenters. The fourth-order valence-corrected chi connectivity index (χ4v) is 2.40. The van der Waals surface area contributed by atoms with E-state index in [0.717, 1.165) is 10.0 Å². The third-order valence-corrected chi connectivity index (χ3v) is 3.83. The van der Waals surface area contributed by atoms with Gasteiger partial charge in [0.15, 0.2) is 0 Å². The number of halogens is 1. The lowest BCUT2D eigenvalue weighted by atomic mass is 10.2. The third-order valence-electron chi connectivity index (χ3n) is 3.05. The lowest BCUT2D eigenvalue weighted by molar-refractivity contribution is 0.0784. The Balaban J connectivity index is 2.06. The smallest absolute Gasteiger partial charge is 0.255 e. The molecule has 0 bridgehead atoms. The summed E-state index contributed by atoms with van der Waals surface area (Å²) >= 11 is 3.50. The van der Waals surface area contributed by atoms with Crippen LogP contribution in [0.1, 0.15) is 29.8 Å². The molecule has 0 saturated carbocycles. The van der Waals surface area contributed by atoms with Gasteiger partial charge in [0.25, 0.3) is 5.91 Å². The fraction of sp³-hybridized carbons (Fsp3) is 0.294. The molecule has 1 amide bonds. The van der Waals surface area contributed by atoms with E-state index < -0.39 is 0 Å². The van der Waals surface area contributed by atoms with Gasteiger partial charge in [0, 0.05) is 30.3 Å². The summed E-state index contributed by atoms with van der Waals surface area (Å²) in [5.74, 6) is 0.458. The van der Waals surface area contributed by atoms with Gasteiger partial charge in [-0.1, -0.05) is 34.1 Å². The molecule has 0 aliphatic carbocycles. The van der Waals surface area contributed by atoms with Crippen LogP contribution in [0.2, 0.25) is 0 Å². The maximum Gasteiger partial charge on any atom is 0.255 e. The van der Waals surface area contributed by atoms with Crippen LogP contribution >= 0.6 is 15.9 Å². The Labute approximate surface area is 139 Å². The van der Waals surface area contributed by atoms with Crippen molar-refractivity contribution >= 4 is 21.8 Å². The number of ether oxygens (including phenoxy) is 1. The van der Waals surface area contributed by atoms with Crippen molar-refractivity contribution in [3.05, 3.63) is 58.2 Å². The van der Waals surface area contributed by atoms with Gasteiger partial charge in [0.2, 0.25) is 5.88 Å². The minimum atomic E-state index is -0.0700. The van der Waals surface area contributed by atoms with E-state index >= 15 is 0 Å². The number of benzene rings is 1. The van der Waals surface area contributed by atoms with E-state index in [1.807, 2.05) is 38.1 Å². The van der Waals surface area contributed by atoms with Gasteiger partial charge in [0.05, 0.1) is 11.7 Å².